The van der Waals surface area contributed by atoms with E-state index in [-0.39, 0.29) is 18.2 Å². The third-order valence-electron chi connectivity index (χ3n) is 2.14. The molecule has 1 aliphatic rings. The fourth-order valence-corrected chi connectivity index (χ4v) is 1.39. The number of rotatable bonds is 1. The van der Waals surface area contributed by atoms with Crippen LogP contribution in [-0.2, 0) is 4.79 Å². The predicted molar refractivity (Wildman–Crippen MR) is 53.6 cm³/mol. The predicted octanol–water partition coefficient (Wildman–Crippen LogP) is 1.25. The summed E-state index contributed by atoms with van der Waals surface area (Å²) in [5.74, 6) is -0.0918. The van der Waals surface area contributed by atoms with Crippen molar-refractivity contribution in [3.8, 4) is 0 Å². The van der Waals surface area contributed by atoms with Crippen LogP contribution in [0.4, 0.5) is 11.4 Å². The van der Waals surface area contributed by atoms with Gasteiger partial charge in [0.05, 0.1) is 17.9 Å². The molecule has 0 radical (unpaired) electrons. The molecule has 0 spiro atoms. The van der Waals surface area contributed by atoms with Crippen LogP contribution in [0.2, 0.25) is 0 Å². The minimum Gasteiger partial charge on any atom is -0.374 e. The highest BCUT2D eigenvalue weighted by atomic mass is 16.2. The summed E-state index contributed by atoms with van der Waals surface area (Å²) in [5.41, 5.74) is 2.14. The second-order valence-corrected chi connectivity index (χ2v) is 3.22. The van der Waals surface area contributed by atoms with Gasteiger partial charge in [0.25, 0.3) is 0 Å². The average Bonchev–Trinajstić information content (AvgIpc) is 2.16. The molecule has 2 N–H and O–H groups in total. The van der Waals surface area contributed by atoms with E-state index in [2.05, 4.69) is 10.6 Å². The lowest BCUT2D eigenvalue weighted by Gasteiger charge is -2.18. The van der Waals surface area contributed by atoms with Gasteiger partial charge in [0.1, 0.15) is 0 Å². The highest BCUT2D eigenvalue weighted by Gasteiger charge is 2.14. The van der Waals surface area contributed by atoms with Gasteiger partial charge in [-0.3, -0.25) is 9.59 Å². The third kappa shape index (κ3) is 1.46. The van der Waals surface area contributed by atoms with Crippen LogP contribution in [0.3, 0.4) is 0 Å². The summed E-state index contributed by atoms with van der Waals surface area (Å²) in [5, 5.41) is 5.66. The van der Waals surface area contributed by atoms with E-state index in [4.69, 9.17) is 0 Å². The number of ketones is 1. The Kier molecular flexibility index (Phi) is 1.96. The maximum Gasteiger partial charge on any atom is 0.243 e. The molecule has 4 heteroatoms. The van der Waals surface area contributed by atoms with E-state index >= 15 is 0 Å². The zero-order valence-corrected chi connectivity index (χ0v) is 7.76. The molecule has 0 atom stereocenters. The maximum absolute atomic E-state index is 11.1. The number of carbonyl (C=O) groups is 2. The Labute approximate surface area is 81.3 Å². The van der Waals surface area contributed by atoms with Crippen LogP contribution >= 0.6 is 0 Å². The number of hydrogen-bond donors (Lipinski definition) is 2. The molecule has 0 unspecified atom stereocenters. The van der Waals surface area contributed by atoms with Crippen molar-refractivity contribution in [3.05, 3.63) is 23.8 Å². The molecule has 0 fully saturated rings. The lowest BCUT2D eigenvalue weighted by molar-refractivity contribution is -0.114. The molecule has 1 heterocycles. The Morgan fingerprint density at radius 2 is 2.14 bits per heavy atom. The number of anilines is 2. The minimum atomic E-state index is -0.0850. The smallest absolute Gasteiger partial charge is 0.243 e. The second-order valence-electron chi connectivity index (χ2n) is 3.22. The van der Waals surface area contributed by atoms with Gasteiger partial charge in [-0.15, -0.1) is 0 Å². The largest absolute Gasteiger partial charge is 0.374 e. The molecule has 14 heavy (non-hydrogen) atoms. The first-order chi connectivity index (χ1) is 6.66. The first-order valence-corrected chi connectivity index (χ1v) is 4.35. The Balaban J connectivity index is 2.42. The first kappa shape index (κ1) is 8.74. The summed E-state index contributed by atoms with van der Waals surface area (Å²) < 4.78 is 0. The van der Waals surface area contributed by atoms with E-state index < -0.39 is 0 Å². The van der Waals surface area contributed by atoms with E-state index in [1.807, 2.05) is 0 Å². The van der Waals surface area contributed by atoms with Crippen LogP contribution in [0, 0.1) is 0 Å². The summed E-state index contributed by atoms with van der Waals surface area (Å²) in [6.45, 7) is 1.78. The molecule has 0 saturated carbocycles. The third-order valence-corrected chi connectivity index (χ3v) is 2.14. The van der Waals surface area contributed by atoms with E-state index in [9.17, 15) is 9.59 Å². The van der Waals surface area contributed by atoms with Gasteiger partial charge in [0, 0.05) is 5.56 Å². The van der Waals surface area contributed by atoms with Crippen molar-refractivity contribution in [1.82, 2.24) is 0 Å². The number of amides is 1. The number of nitrogens with one attached hydrogen (secondary N) is 2. The van der Waals surface area contributed by atoms with Gasteiger partial charge in [-0.1, -0.05) is 0 Å². The van der Waals surface area contributed by atoms with Gasteiger partial charge in [-0.05, 0) is 25.1 Å². The number of benzene rings is 1. The molecule has 4 nitrogen and oxygen atoms in total. The number of Topliss-reactive ketones (excluding diaryl/α,β-unsaturated/α-hetero) is 1. The average molecular weight is 190 g/mol. The fraction of sp³-hybridized carbons (Fsp3) is 0.200. The molecule has 1 aromatic carbocycles. The number of fused-ring (bicyclic) bond motifs is 1. The van der Waals surface area contributed by atoms with Crippen molar-refractivity contribution in [2.24, 2.45) is 0 Å². The molecule has 0 bridgehead atoms. The fourth-order valence-electron chi connectivity index (χ4n) is 1.39. The van der Waals surface area contributed by atoms with E-state index in [1.54, 1.807) is 18.2 Å². The van der Waals surface area contributed by atoms with Crippen molar-refractivity contribution in [3.63, 3.8) is 0 Å². The van der Waals surface area contributed by atoms with Crippen LogP contribution in [0.5, 0.6) is 0 Å². The monoisotopic (exact) mass is 190 g/mol. The zero-order valence-electron chi connectivity index (χ0n) is 7.76. The SMILES string of the molecule is CC(=O)c1ccc2c(c1)NC(=O)CN2. The summed E-state index contributed by atoms with van der Waals surface area (Å²) >= 11 is 0. The van der Waals surface area contributed by atoms with Crippen molar-refractivity contribution < 1.29 is 9.59 Å². The van der Waals surface area contributed by atoms with Crippen LogP contribution in [0.1, 0.15) is 17.3 Å². The topological polar surface area (TPSA) is 58.2 Å². The Morgan fingerprint density at radius 3 is 2.86 bits per heavy atom. The first-order valence-electron chi connectivity index (χ1n) is 4.35. The molecular formula is C10H10N2O2. The second kappa shape index (κ2) is 3.14. The minimum absolute atomic E-state index is 0.00683. The molecule has 2 rings (SSSR count). The highest BCUT2D eigenvalue weighted by Crippen LogP contribution is 2.25. The molecule has 1 amide bonds. The molecule has 72 valence electrons. The van der Waals surface area contributed by atoms with Crippen LogP contribution < -0.4 is 10.6 Å². The molecule has 1 aromatic rings. The van der Waals surface area contributed by atoms with Gasteiger partial charge in [-0.2, -0.15) is 0 Å². The van der Waals surface area contributed by atoms with Gasteiger partial charge in [0.15, 0.2) is 5.78 Å². The lowest BCUT2D eigenvalue weighted by Crippen LogP contribution is -2.27. The Morgan fingerprint density at radius 1 is 1.36 bits per heavy atom. The zero-order chi connectivity index (χ0) is 10.1. The Bertz CT molecular complexity index is 413. The molecule has 1 aliphatic heterocycles. The summed E-state index contributed by atoms with van der Waals surface area (Å²) in [7, 11) is 0. The standard InChI is InChI=1S/C10H10N2O2/c1-6(13)7-2-3-8-9(4-7)12-10(14)5-11-8/h2-4,11H,5H2,1H3,(H,12,14). The highest BCUT2D eigenvalue weighted by molar-refractivity contribution is 6.03. The van der Waals surface area contributed by atoms with Gasteiger partial charge < -0.3 is 10.6 Å². The Hall–Kier alpha value is -1.84. The summed E-state index contributed by atoms with van der Waals surface area (Å²) in [6.07, 6.45) is 0. The van der Waals surface area contributed by atoms with Crippen molar-refractivity contribution in [1.29, 1.82) is 0 Å². The normalized spacial score (nSPS) is 13.9. The van der Waals surface area contributed by atoms with Crippen LogP contribution in [0.25, 0.3) is 0 Å². The van der Waals surface area contributed by atoms with Crippen LogP contribution in [0.15, 0.2) is 18.2 Å². The van der Waals surface area contributed by atoms with Crippen LogP contribution in [-0.4, -0.2) is 18.2 Å². The van der Waals surface area contributed by atoms with E-state index in [0.29, 0.717) is 11.3 Å². The maximum atomic E-state index is 11.1. The molecule has 0 aliphatic carbocycles. The summed E-state index contributed by atoms with van der Waals surface area (Å²) in [6, 6.07) is 5.22. The molecular weight excluding hydrogens is 180 g/mol. The molecule has 0 aromatic heterocycles. The van der Waals surface area contributed by atoms with Crippen molar-refractivity contribution in [2.45, 2.75) is 6.92 Å². The van der Waals surface area contributed by atoms with E-state index in [0.717, 1.165) is 5.69 Å². The lowest BCUT2D eigenvalue weighted by atomic mass is 10.1. The molecule has 0 saturated heterocycles. The van der Waals surface area contributed by atoms with Crippen molar-refractivity contribution in [2.75, 3.05) is 17.2 Å². The van der Waals surface area contributed by atoms with Gasteiger partial charge in [0.2, 0.25) is 5.91 Å². The summed E-state index contributed by atoms with van der Waals surface area (Å²) in [4.78, 5) is 22.1. The number of hydrogen-bond acceptors (Lipinski definition) is 3. The van der Waals surface area contributed by atoms with Gasteiger partial charge >= 0.3 is 0 Å². The van der Waals surface area contributed by atoms with Gasteiger partial charge in [-0.25, -0.2) is 0 Å². The number of carbonyl (C=O) groups excluding carboxylic acids is 2. The van der Waals surface area contributed by atoms with Crippen molar-refractivity contribution >= 4 is 23.1 Å². The van der Waals surface area contributed by atoms with E-state index in [1.165, 1.54) is 6.92 Å². The quantitative estimate of drug-likeness (QED) is 0.655.